The van der Waals surface area contributed by atoms with Crippen LogP contribution in [-0.4, -0.2) is 17.6 Å². The molecule has 0 spiro atoms. The summed E-state index contributed by atoms with van der Waals surface area (Å²) in [6, 6.07) is 7.01. The van der Waals surface area contributed by atoms with E-state index in [9.17, 15) is 9.90 Å². The number of benzene rings is 1. The molecule has 0 aromatic heterocycles. The summed E-state index contributed by atoms with van der Waals surface area (Å²) in [5, 5.41) is 12.2. The van der Waals surface area contributed by atoms with Gasteiger partial charge < -0.3 is 10.4 Å². The minimum atomic E-state index is 0.0262. The summed E-state index contributed by atoms with van der Waals surface area (Å²) in [5.41, 5.74) is 2.13. The maximum Gasteiger partial charge on any atom is 0.220 e. The number of carbonyl (C=O) groups is 1. The first-order valence-corrected chi connectivity index (χ1v) is 7.73. The van der Waals surface area contributed by atoms with Gasteiger partial charge in [0.2, 0.25) is 5.91 Å². The zero-order valence-electron chi connectivity index (χ0n) is 13.7. The van der Waals surface area contributed by atoms with Gasteiger partial charge in [-0.15, -0.1) is 0 Å². The quantitative estimate of drug-likeness (QED) is 0.679. The minimum absolute atomic E-state index is 0.0262. The Labute approximate surface area is 138 Å². The van der Waals surface area contributed by atoms with Crippen LogP contribution in [0.15, 0.2) is 73.4 Å². The predicted molar refractivity (Wildman–Crippen MR) is 96.2 cm³/mol. The van der Waals surface area contributed by atoms with E-state index in [0.717, 1.165) is 17.6 Å². The molecular formula is C20H25NO2. The van der Waals surface area contributed by atoms with E-state index in [0.29, 0.717) is 13.0 Å². The van der Waals surface area contributed by atoms with Crippen molar-refractivity contribution in [2.75, 3.05) is 6.54 Å². The van der Waals surface area contributed by atoms with Gasteiger partial charge in [-0.1, -0.05) is 62.6 Å². The van der Waals surface area contributed by atoms with Crippen molar-refractivity contribution in [3.8, 4) is 5.75 Å². The molecule has 1 aromatic rings. The molecule has 0 saturated heterocycles. The highest BCUT2D eigenvalue weighted by Crippen LogP contribution is 2.16. The van der Waals surface area contributed by atoms with E-state index in [1.807, 2.05) is 37.3 Å². The smallest absolute Gasteiger partial charge is 0.220 e. The number of nitrogens with one attached hydrogen (secondary N) is 1. The molecule has 122 valence electrons. The van der Waals surface area contributed by atoms with Gasteiger partial charge in [-0.05, 0) is 35.6 Å². The van der Waals surface area contributed by atoms with Gasteiger partial charge in [0, 0.05) is 13.0 Å². The van der Waals surface area contributed by atoms with E-state index in [1.54, 1.807) is 24.3 Å². The molecule has 0 heterocycles. The Bertz CT molecular complexity index is 582. The molecule has 1 atom stereocenters. The molecule has 3 heteroatoms. The lowest BCUT2D eigenvalue weighted by Gasteiger charge is -2.13. The van der Waals surface area contributed by atoms with Crippen molar-refractivity contribution in [3.63, 3.8) is 0 Å². The largest absolute Gasteiger partial charge is 0.508 e. The first kappa shape index (κ1) is 18.5. The highest BCUT2D eigenvalue weighted by Gasteiger charge is 2.11. The molecule has 0 aliphatic carbocycles. The Kier molecular flexibility index (Phi) is 8.22. The Hall–Kier alpha value is -2.55. The van der Waals surface area contributed by atoms with Gasteiger partial charge in [0.05, 0.1) is 0 Å². The summed E-state index contributed by atoms with van der Waals surface area (Å²) in [7, 11) is 0. The number of phenols is 1. The summed E-state index contributed by atoms with van der Waals surface area (Å²) in [6.07, 6.45) is 10.3. The van der Waals surface area contributed by atoms with Crippen molar-refractivity contribution in [1.82, 2.24) is 5.32 Å². The monoisotopic (exact) mass is 311 g/mol. The number of hydrogen-bond donors (Lipinski definition) is 2. The van der Waals surface area contributed by atoms with E-state index in [1.165, 1.54) is 0 Å². The molecule has 1 unspecified atom stereocenters. The average Bonchev–Trinajstić information content (AvgIpc) is 2.53. The van der Waals surface area contributed by atoms with Gasteiger partial charge in [-0.25, -0.2) is 0 Å². The molecular weight excluding hydrogens is 286 g/mol. The fraction of sp³-hybridized carbons (Fsp3) is 0.250. The molecule has 0 bridgehead atoms. The van der Waals surface area contributed by atoms with Crippen LogP contribution in [0.1, 0.15) is 18.9 Å². The van der Waals surface area contributed by atoms with Crippen molar-refractivity contribution in [2.24, 2.45) is 5.92 Å². The summed E-state index contributed by atoms with van der Waals surface area (Å²) < 4.78 is 0. The number of amides is 1. The molecule has 0 fully saturated rings. The average molecular weight is 311 g/mol. The standard InChI is InChI=1S/C20H25NO2/c1-4-6-8-18(7-5-2)16(3)15-20(23)21-14-13-17-9-11-19(22)12-10-17/h4-12,16,22H,1-2,13-15H2,3H3,(H,21,23)/b8-6-,18-7+. The van der Waals surface area contributed by atoms with Gasteiger partial charge in [-0.2, -0.15) is 0 Å². The lowest BCUT2D eigenvalue weighted by molar-refractivity contribution is -0.121. The molecule has 0 aliphatic heterocycles. The van der Waals surface area contributed by atoms with Crippen LogP contribution in [0.3, 0.4) is 0 Å². The summed E-state index contributed by atoms with van der Waals surface area (Å²) in [4.78, 5) is 12.0. The number of carbonyl (C=O) groups excluding carboxylic acids is 1. The van der Waals surface area contributed by atoms with Gasteiger partial charge in [-0.3, -0.25) is 4.79 Å². The molecule has 1 aromatic carbocycles. The van der Waals surface area contributed by atoms with Crippen LogP contribution >= 0.6 is 0 Å². The summed E-state index contributed by atoms with van der Waals surface area (Å²) in [5.74, 6) is 0.386. The molecule has 0 saturated carbocycles. The van der Waals surface area contributed by atoms with Crippen LogP contribution in [-0.2, 0) is 11.2 Å². The van der Waals surface area contributed by atoms with E-state index < -0.39 is 0 Å². The second-order valence-electron chi connectivity index (χ2n) is 5.37. The zero-order valence-corrected chi connectivity index (χ0v) is 13.7. The third kappa shape index (κ3) is 7.32. The van der Waals surface area contributed by atoms with Gasteiger partial charge in [0.15, 0.2) is 0 Å². The second-order valence-corrected chi connectivity index (χ2v) is 5.37. The summed E-state index contributed by atoms with van der Waals surface area (Å²) >= 11 is 0. The third-order valence-electron chi connectivity index (χ3n) is 3.47. The SMILES string of the molecule is C=C/C=C\C(=C/C=C)C(C)CC(=O)NCCc1ccc(O)cc1. The highest BCUT2D eigenvalue weighted by molar-refractivity contribution is 5.76. The summed E-state index contributed by atoms with van der Waals surface area (Å²) in [6.45, 7) is 9.96. The van der Waals surface area contributed by atoms with Crippen molar-refractivity contribution < 1.29 is 9.90 Å². The molecule has 1 rings (SSSR count). The van der Waals surface area contributed by atoms with Gasteiger partial charge >= 0.3 is 0 Å². The molecule has 3 nitrogen and oxygen atoms in total. The predicted octanol–water partition coefficient (Wildman–Crippen LogP) is 3.93. The second kappa shape index (κ2) is 10.2. The first-order chi connectivity index (χ1) is 11.1. The number of hydrogen-bond acceptors (Lipinski definition) is 2. The van der Waals surface area contributed by atoms with Crippen LogP contribution in [0, 0.1) is 5.92 Å². The molecule has 0 radical (unpaired) electrons. The van der Waals surface area contributed by atoms with E-state index in [4.69, 9.17) is 0 Å². The maximum atomic E-state index is 12.0. The topological polar surface area (TPSA) is 49.3 Å². The lowest BCUT2D eigenvalue weighted by Crippen LogP contribution is -2.27. The molecule has 0 aliphatic rings. The lowest BCUT2D eigenvalue weighted by atomic mass is 9.96. The fourth-order valence-electron chi connectivity index (χ4n) is 2.18. The Morgan fingerprint density at radius 3 is 2.57 bits per heavy atom. The Morgan fingerprint density at radius 1 is 1.26 bits per heavy atom. The van der Waals surface area contributed by atoms with Crippen LogP contribution in [0.2, 0.25) is 0 Å². The Morgan fingerprint density at radius 2 is 1.96 bits per heavy atom. The van der Waals surface area contributed by atoms with Crippen LogP contribution in [0.5, 0.6) is 5.75 Å². The van der Waals surface area contributed by atoms with Crippen LogP contribution in [0.25, 0.3) is 0 Å². The number of rotatable bonds is 9. The first-order valence-electron chi connectivity index (χ1n) is 7.73. The highest BCUT2D eigenvalue weighted by atomic mass is 16.3. The van der Waals surface area contributed by atoms with Crippen molar-refractivity contribution in [1.29, 1.82) is 0 Å². The van der Waals surface area contributed by atoms with E-state index >= 15 is 0 Å². The number of allylic oxidation sites excluding steroid dienone is 6. The number of aromatic hydroxyl groups is 1. The van der Waals surface area contributed by atoms with Crippen molar-refractivity contribution in [2.45, 2.75) is 19.8 Å². The van der Waals surface area contributed by atoms with E-state index in [-0.39, 0.29) is 17.6 Å². The third-order valence-corrected chi connectivity index (χ3v) is 3.47. The fourth-order valence-corrected chi connectivity index (χ4v) is 2.18. The van der Waals surface area contributed by atoms with Crippen molar-refractivity contribution >= 4 is 5.91 Å². The maximum absolute atomic E-state index is 12.0. The molecule has 2 N–H and O–H groups in total. The van der Waals surface area contributed by atoms with Gasteiger partial charge in [0.25, 0.3) is 0 Å². The molecule has 1 amide bonds. The number of phenolic OH excluding ortho intramolecular Hbond substituents is 1. The van der Waals surface area contributed by atoms with Crippen LogP contribution < -0.4 is 5.32 Å². The minimum Gasteiger partial charge on any atom is -0.508 e. The van der Waals surface area contributed by atoms with Gasteiger partial charge in [0.1, 0.15) is 5.75 Å². The zero-order chi connectivity index (χ0) is 17.1. The van der Waals surface area contributed by atoms with E-state index in [2.05, 4.69) is 18.5 Å². The van der Waals surface area contributed by atoms with Crippen LogP contribution in [0.4, 0.5) is 0 Å². The van der Waals surface area contributed by atoms with Crippen molar-refractivity contribution in [3.05, 3.63) is 78.9 Å². The Balaban J connectivity index is 2.43. The molecule has 23 heavy (non-hydrogen) atoms. The normalized spacial score (nSPS) is 12.8.